The Balaban J connectivity index is 1.41. The number of nitrogens with one attached hydrogen (secondary N) is 1. The minimum Gasteiger partial charge on any atom is -0.356 e. The number of hydrogen-bond acceptors (Lipinski definition) is 4. The number of amides is 2. The molecule has 2 heterocycles. The summed E-state index contributed by atoms with van der Waals surface area (Å²) in [5, 5.41) is 6.93. The van der Waals surface area contributed by atoms with Crippen LogP contribution in [0, 0.1) is 0 Å². The highest BCUT2D eigenvalue weighted by Gasteiger charge is 2.30. The first-order valence-corrected chi connectivity index (χ1v) is 8.76. The molecule has 3 aromatic rings. The third-order valence-electron chi connectivity index (χ3n) is 4.71. The van der Waals surface area contributed by atoms with Gasteiger partial charge in [-0.15, -0.1) is 0 Å². The molecule has 2 amide bonds. The van der Waals surface area contributed by atoms with Crippen molar-refractivity contribution in [2.24, 2.45) is 0 Å². The molecule has 6 nitrogen and oxygen atoms in total. The number of benzene rings is 2. The number of carbonyl (C=O) groups is 2. The molecule has 1 aliphatic rings. The van der Waals surface area contributed by atoms with Crippen LogP contribution in [0.1, 0.15) is 34.1 Å². The van der Waals surface area contributed by atoms with E-state index < -0.39 is 0 Å². The van der Waals surface area contributed by atoms with Crippen molar-refractivity contribution in [3.63, 3.8) is 0 Å². The number of rotatable bonds is 5. The smallest absolute Gasteiger partial charge is 0.252 e. The van der Waals surface area contributed by atoms with E-state index in [2.05, 4.69) is 10.5 Å². The van der Waals surface area contributed by atoms with Crippen molar-refractivity contribution in [2.45, 2.75) is 19.0 Å². The fourth-order valence-corrected chi connectivity index (χ4v) is 3.27. The van der Waals surface area contributed by atoms with E-state index in [0.717, 1.165) is 11.1 Å². The number of nitrogens with zero attached hydrogens (tertiary/aromatic N) is 2. The van der Waals surface area contributed by atoms with E-state index >= 15 is 0 Å². The zero-order chi connectivity index (χ0) is 18.8. The first kappa shape index (κ1) is 17.0. The van der Waals surface area contributed by atoms with Crippen LogP contribution in [-0.4, -0.2) is 28.9 Å². The Morgan fingerprint density at radius 1 is 1.15 bits per heavy atom. The Hall–Kier alpha value is -3.41. The molecule has 2 aromatic carbocycles. The Morgan fingerprint density at radius 2 is 1.89 bits per heavy atom. The number of aromatic nitrogens is 1. The molecule has 1 aromatic heterocycles. The first-order valence-electron chi connectivity index (χ1n) is 8.76. The van der Waals surface area contributed by atoms with Crippen molar-refractivity contribution >= 4 is 11.8 Å². The quantitative estimate of drug-likeness (QED) is 0.757. The monoisotopic (exact) mass is 361 g/mol. The van der Waals surface area contributed by atoms with Crippen molar-refractivity contribution in [1.29, 1.82) is 0 Å². The van der Waals surface area contributed by atoms with Gasteiger partial charge in [0, 0.05) is 24.2 Å². The zero-order valence-corrected chi connectivity index (χ0v) is 14.9. The fraction of sp³-hybridized carbons (Fsp3) is 0.190. The number of fused-ring (bicyclic) bond motifs is 1. The first-order chi connectivity index (χ1) is 13.1. The minimum atomic E-state index is -0.291. The summed E-state index contributed by atoms with van der Waals surface area (Å²) in [6.07, 6.45) is 0.211. The summed E-state index contributed by atoms with van der Waals surface area (Å²) in [5.41, 5.74) is 3.13. The predicted octanol–water partition coefficient (Wildman–Crippen LogP) is 3.17. The lowest BCUT2D eigenvalue weighted by Gasteiger charge is -2.18. The molecule has 1 aliphatic heterocycles. The highest BCUT2D eigenvalue weighted by Crippen LogP contribution is 2.28. The molecule has 0 fully saturated rings. The molecule has 1 atom stereocenters. The molecule has 0 saturated carbocycles. The second-order valence-electron chi connectivity index (χ2n) is 6.62. The summed E-state index contributed by atoms with van der Waals surface area (Å²) >= 11 is 0. The van der Waals surface area contributed by atoms with E-state index in [1.54, 1.807) is 18.0 Å². The van der Waals surface area contributed by atoms with Crippen molar-refractivity contribution in [3.05, 3.63) is 77.5 Å². The van der Waals surface area contributed by atoms with Crippen LogP contribution in [0.2, 0.25) is 0 Å². The summed E-state index contributed by atoms with van der Waals surface area (Å²) in [5.74, 6) is 0.472. The van der Waals surface area contributed by atoms with Crippen LogP contribution in [0.4, 0.5) is 0 Å². The average Bonchev–Trinajstić information content (AvgIpc) is 3.28. The molecular formula is C21H19N3O3. The molecule has 0 radical (unpaired) electrons. The molecule has 0 bridgehead atoms. The highest BCUT2D eigenvalue weighted by molar-refractivity contribution is 5.99. The summed E-state index contributed by atoms with van der Waals surface area (Å²) in [6.45, 7) is 0.345. The topological polar surface area (TPSA) is 75.4 Å². The van der Waals surface area contributed by atoms with Gasteiger partial charge in [0.2, 0.25) is 5.91 Å². The van der Waals surface area contributed by atoms with E-state index in [0.29, 0.717) is 23.6 Å². The van der Waals surface area contributed by atoms with Gasteiger partial charge in [0.1, 0.15) is 5.69 Å². The molecule has 1 N–H and O–H groups in total. The van der Waals surface area contributed by atoms with Gasteiger partial charge in [-0.25, -0.2) is 0 Å². The Morgan fingerprint density at radius 3 is 2.70 bits per heavy atom. The molecule has 4 rings (SSSR count). The number of carbonyl (C=O) groups excluding carboxylic acids is 2. The maximum absolute atomic E-state index is 12.6. The summed E-state index contributed by atoms with van der Waals surface area (Å²) in [4.78, 5) is 26.2. The van der Waals surface area contributed by atoms with E-state index in [1.807, 2.05) is 54.6 Å². The largest absolute Gasteiger partial charge is 0.356 e. The van der Waals surface area contributed by atoms with Crippen LogP contribution in [-0.2, 0) is 11.3 Å². The minimum absolute atomic E-state index is 0.0683. The van der Waals surface area contributed by atoms with Gasteiger partial charge in [-0.1, -0.05) is 53.7 Å². The SMILES string of the molecule is CN(Cc1cc(-c2ccccc2)on1)C(=O)C[C@@H]1NC(=O)c2ccccc21. The normalized spacial score (nSPS) is 15.3. The average molecular weight is 361 g/mol. The van der Waals surface area contributed by atoms with Crippen molar-refractivity contribution < 1.29 is 14.1 Å². The molecule has 0 saturated heterocycles. The zero-order valence-electron chi connectivity index (χ0n) is 14.9. The van der Waals surface area contributed by atoms with Gasteiger partial charge in [0.25, 0.3) is 5.91 Å². The molecule has 0 unspecified atom stereocenters. The van der Waals surface area contributed by atoms with Crippen LogP contribution < -0.4 is 5.32 Å². The van der Waals surface area contributed by atoms with Gasteiger partial charge >= 0.3 is 0 Å². The number of hydrogen-bond donors (Lipinski definition) is 1. The second-order valence-corrected chi connectivity index (χ2v) is 6.62. The molecule has 0 aliphatic carbocycles. The van der Waals surface area contributed by atoms with Crippen LogP contribution in [0.5, 0.6) is 0 Å². The lowest BCUT2D eigenvalue weighted by molar-refractivity contribution is -0.131. The van der Waals surface area contributed by atoms with Crippen LogP contribution >= 0.6 is 0 Å². The Kier molecular flexibility index (Phi) is 4.46. The maximum Gasteiger partial charge on any atom is 0.252 e. The van der Waals surface area contributed by atoms with E-state index in [4.69, 9.17) is 4.52 Å². The van der Waals surface area contributed by atoms with Crippen LogP contribution in [0.15, 0.2) is 65.2 Å². The van der Waals surface area contributed by atoms with Crippen LogP contribution in [0.25, 0.3) is 11.3 Å². The molecule has 136 valence electrons. The fourth-order valence-electron chi connectivity index (χ4n) is 3.27. The molecule has 0 spiro atoms. The van der Waals surface area contributed by atoms with Crippen molar-refractivity contribution in [1.82, 2.24) is 15.4 Å². The van der Waals surface area contributed by atoms with E-state index in [1.165, 1.54) is 0 Å². The maximum atomic E-state index is 12.6. The Labute approximate surface area is 156 Å². The van der Waals surface area contributed by atoms with Gasteiger partial charge in [0.05, 0.1) is 19.0 Å². The third-order valence-corrected chi connectivity index (χ3v) is 4.71. The van der Waals surface area contributed by atoms with Crippen molar-refractivity contribution in [2.75, 3.05) is 7.05 Å². The molecule has 6 heteroatoms. The van der Waals surface area contributed by atoms with Gasteiger partial charge in [-0.3, -0.25) is 9.59 Å². The van der Waals surface area contributed by atoms with Gasteiger partial charge in [0.15, 0.2) is 5.76 Å². The lowest BCUT2D eigenvalue weighted by Crippen LogP contribution is -2.30. The van der Waals surface area contributed by atoms with Gasteiger partial charge in [-0.05, 0) is 11.6 Å². The third kappa shape index (κ3) is 3.46. The lowest BCUT2D eigenvalue weighted by atomic mass is 10.0. The molecular weight excluding hydrogens is 342 g/mol. The Bertz CT molecular complexity index is 981. The summed E-state index contributed by atoms with van der Waals surface area (Å²) < 4.78 is 5.38. The van der Waals surface area contributed by atoms with E-state index in [-0.39, 0.29) is 24.3 Å². The summed E-state index contributed by atoms with van der Waals surface area (Å²) in [6, 6.07) is 18.6. The van der Waals surface area contributed by atoms with E-state index in [9.17, 15) is 9.59 Å². The molecule has 27 heavy (non-hydrogen) atoms. The highest BCUT2D eigenvalue weighted by atomic mass is 16.5. The van der Waals surface area contributed by atoms with Gasteiger partial charge < -0.3 is 14.7 Å². The predicted molar refractivity (Wildman–Crippen MR) is 99.7 cm³/mol. The van der Waals surface area contributed by atoms with Crippen molar-refractivity contribution in [3.8, 4) is 11.3 Å². The standard InChI is InChI=1S/C21H19N3O3/c1-24(13-15-11-19(27-23-15)14-7-3-2-4-8-14)20(25)12-18-16-9-5-6-10-17(16)21(26)22-18/h2-11,18H,12-13H2,1H3,(H,22,26)/t18-/m0/s1. The van der Waals surface area contributed by atoms with Gasteiger partial charge in [-0.2, -0.15) is 0 Å². The van der Waals surface area contributed by atoms with Crippen LogP contribution in [0.3, 0.4) is 0 Å². The summed E-state index contributed by atoms with van der Waals surface area (Å²) in [7, 11) is 1.72. The second kappa shape index (κ2) is 7.07.